The number of benzene rings is 2. The molecule has 2 aromatic rings. The van der Waals surface area contributed by atoms with Crippen molar-refractivity contribution < 1.29 is 19.4 Å². The lowest BCUT2D eigenvalue weighted by molar-refractivity contribution is -0.150. The second-order valence-corrected chi connectivity index (χ2v) is 9.00. The number of hydrogen-bond acceptors (Lipinski definition) is 4. The summed E-state index contributed by atoms with van der Waals surface area (Å²) in [7, 11) is 0. The molecule has 0 radical (unpaired) electrons. The molecule has 4 rings (SSSR count). The molecule has 0 saturated heterocycles. The van der Waals surface area contributed by atoms with Crippen LogP contribution in [0.25, 0.3) is 0 Å². The third-order valence-electron chi connectivity index (χ3n) is 6.16. The van der Waals surface area contributed by atoms with Crippen LogP contribution in [0.2, 0.25) is 5.02 Å². The number of halogens is 1. The average molecular weight is 456 g/mol. The number of aliphatic hydroxyl groups excluding tert-OH is 1. The van der Waals surface area contributed by atoms with Crippen LogP contribution < -0.4 is 5.32 Å². The topological polar surface area (TPSA) is 67.8 Å². The molecule has 1 aliphatic carbocycles. The highest BCUT2D eigenvalue weighted by atomic mass is 35.5. The van der Waals surface area contributed by atoms with Gasteiger partial charge < -0.3 is 19.9 Å². The van der Waals surface area contributed by atoms with Crippen molar-refractivity contribution in [1.29, 1.82) is 0 Å². The van der Waals surface area contributed by atoms with Gasteiger partial charge in [0.25, 0.3) is 5.91 Å². The van der Waals surface area contributed by atoms with Crippen molar-refractivity contribution in [2.75, 3.05) is 0 Å². The first-order valence-corrected chi connectivity index (χ1v) is 11.7. The normalized spacial score (nSPS) is 21.5. The van der Waals surface area contributed by atoms with Gasteiger partial charge in [0.2, 0.25) is 6.29 Å². The van der Waals surface area contributed by atoms with Crippen LogP contribution in [-0.2, 0) is 27.5 Å². The molecule has 32 heavy (non-hydrogen) atoms. The van der Waals surface area contributed by atoms with Crippen LogP contribution in [0, 0.1) is 0 Å². The lowest BCUT2D eigenvalue weighted by atomic mass is 9.92. The van der Waals surface area contributed by atoms with E-state index in [4.69, 9.17) is 21.1 Å². The van der Waals surface area contributed by atoms with Gasteiger partial charge in [0.05, 0.1) is 13.2 Å². The highest BCUT2D eigenvalue weighted by Crippen LogP contribution is 2.32. The first kappa shape index (κ1) is 22.8. The molecule has 0 aromatic heterocycles. The Morgan fingerprint density at radius 2 is 1.72 bits per heavy atom. The van der Waals surface area contributed by atoms with Crippen LogP contribution in [0.3, 0.4) is 0 Å². The average Bonchev–Trinajstić information content (AvgIpc) is 2.84. The SMILES string of the molecule is O=C(NC1CCCCC1)C1=C[C@H](c2ccc(Cl)cc2)C[C@H](OCc2ccc(CO)cc2)O1. The van der Waals surface area contributed by atoms with Gasteiger partial charge in [-0.2, -0.15) is 0 Å². The Balaban J connectivity index is 1.46. The smallest absolute Gasteiger partial charge is 0.286 e. The fourth-order valence-corrected chi connectivity index (χ4v) is 4.42. The van der Waals surface area contributed by atoms with Crippen LogP contribution in [-0.4, -0.2) is 23.3 Å². The lowest BCUT2D eigenvalue weighted by Crippen LogP contribution is -2.39. The maximum absolute atomic E-state index is 13.0. The number of rotatable bonds is 7. The summed E-state index contributed by atoms with van der Waals surface area (Å²) in [4.78, 5) is 13.0. The number of hydrogen-bond donors (Lipinski definition) is 2. The zero-order valence-corrected chi connectivity index (χ0v) is 18.9. The van der Waals surface area contributed by atoms with E-state index in [2.05, 4.69) is 5.32 Å². The van der Waals surface area contributed by atoms with Crippen LogP contribution in [0.1, 0.15) is 61.1 Å². The van der Waals surface area contributed by atoms with Crippen LogP contribution >= 0.6 is 11.6 Å². The van der Waals surface area contributed by atoms with E-state index in [1.165, 1.54) is 6.42 Å². The number of carbonyl (C=O) groups is 1. The van der Waals surface area contributed by atoms with E-state index in [-0.39, 0.29) is 24.5 Å². The Morgan fingerprint density at radius 1 is 1.03 bits per heavy atom. The Morgan fingerprint density at radius 3 is 2.41 bits per heavy atom. The summed E-state index contributed by atoms with van der Waals surface area (Å²) in [6.07, 6.45) is 7.54. The van der Waals surface area contributed by atoms with Gasteiger partial charge in [-0.25, -0.2) is 0 Å². The molecule has 0 bridgehead atoms. The van der Waals surface area contributed by atoms with E-state index in [9.17, 15) is 9.90 Å². The first-order chi connectivity index (χ1) is 15.6. The van der Waals surface area contributed by atoms with Crippen molar-refractivity contribution in [2.24, 2.45) is 0 Å². The van der Waals surface area contributed by atoms with Gasteiger partial charge in [-0.3, -0.25) is 4.79 Å². The summed E-state index contributed by atoms with van der Waals surface area (Å²) in [6.45, 7) is 0.376. The molecular weight excluding hydrogens is 426 g/mol. The van der Waals surface area contributed by atoms with E-state index >= 15 is 0 Å². The minimum atomic E-state index is -0.537. The molecule has 2 N–H and O–H groups in total. The summed E-state index contributed by atoms with van der Waals surface area (Å²) in [6, 6.07) is 15.5. The predicted octanol–water partition coefficient (Wildman–Crippen LogP) is 5.21. The van der Waals surface area contributed by atoms with Crippen LogP contribution in [0.4, 0.5) is 0 Å². The second-order valence-electron chi connectivity index (χ2n) is 8.57. The number of ether oxygens (including phenoxy) is 2. The molecule has 6 heteroatoms. The van der Waals surface area contributed by atoms with Gasteiger partial charge in [0.1, 0.15) is 0 Å². The van der Waals surface area contributed by atoms with Gasteiger partial charge in [0.15, 0.2) is 5.76 Å². The Hall–Kier alpha value is -2.34. The predicted molar refractivity (Wildman–Crippen MR) is 124 cm³/mol. The number of carbonyl (C=O) groups excluding carboxylic acids is 1. The molecule has 1 amide bonds. The summed E-state index contributed by atoms with van der Waals surface area (Å²) in [5.41, 5.74) is 2.91. The summed E-state index contributed by atoms with van der Waals surface area (Å²) < 4.78 is 12.0. The number of aliphatic hydroxyl groups is 1. The van der Waals surface area contributed by atoms with Gasteiger partial charge >= 0.3 is 0 Å². The van der Waals surface area contributed by atoms with Gasteiger partial charge in [-0.15, -0.1) is 0 Å². The summed E-state index contributed by atoms with van der Waals surface area (Å²) >= 11 is 6.06. The van der Waals surface area contributed by atoms with Crippen molar-refractivity contribution in [1.82, 2.24) is 5.32 Å². The highest BCUT2D eigenvalue weighted by molar-refractivity contribution is 6.30. The maximum atomic E-state index is 13.0. The molecule has 0 unspecified atom stereocenters. The van der Waals surface area contributed by atoms with Crippen LogP contribution in [0.5, 0.6) is 0 Å². The molecule has 1 saturated carbocycles. The van der Waals surface area contributed by atoms with E-state index < -0.39 is 6.29 Å². The minimum Gasteiger partial charge on any atom is -0.459 e. The van der Waals surface area contributed by atoms with E-state index in [0.717, 1.165) is 42.4 Å². The minimum absolute atomic E-state index is 0.00473. The molecule has 2 aliphatic rings. The largest absolute Gasteiger partial charge is 0.459 e. The van der Waals surface area contributed by atoms with Crippen LogP contribution in [0.15, 0.2) is 60.4 Å². The lowest BCUT2D eigenvalue weighted by Gasteiger charge is -2.30. The zero-order valence-electron chi connectivity index (χ0n) is 18.1. The fraction of sp³-hybridized carbons (Fsp3) is 0.423. The fourth-order valence-electron chi connectivity index (χ4n) is 4.29. The molecule has 2 atom stereocenters. The van der Waals surface area contributed by atoms with E-state index in [0.29, 0.717) is 23.8 Å². The molecule has 1 aliphatic heterocycles. The second kappa shape index (κ2) is 11.0. The third-order valence-corrected chi connectivity index (χ3v) is 6.41. The standard InChI is InChI=1S/C26H30ClNO4/c27-22-12-10-20(11-13-22)21-14-24(26(30)28-23-4-2-1-3-5-23)32-25(15-21)31-17-19-8-6-18(16-29)7-9-19/h6-14,21,23,25,29H,1-5,15-17H2,(H,28,30)/t21-,25+/m0/s1. The Kier molecular flexibility index (Phi) is 7.85. The van der Waals surface area contributed by atoms with E-state index in [1.54, 1.807) is 0 Å². The van der Waals surface area contributed by atoms with Crippen molar-refractivity contribution in [2.45, 2.75) is 70.0 Å². The van der Waals surface area contributed by atoms with Gasteiger partial charge in [0, 0.05) is 23.4 Å². The maximum Gasteiger partial charge on any atom is 0.286 e. The molecule has 5 nitrogen and oxygen atoms in total. The summed E-state index contributed by atoms with van der Waals surface area (Å²) in [5.74, 6) is 0.147. The Bertz CT molecular complexity index is 920. The zero-order chi connectivity index (χ0) is 22.3. The molecule has 2 aromatic carbocycles. The van der Waals surface area contributed by atoms with Gasteiger partial charge in [-0.1, -0.05) is 67.3 Å². The first-order valence-electron chi connectivity index (χ1n) is 11.4. The Labute approximate surface area is 194 Å². The van der Waals surface area contributed by atoms with E-state index in [1.807, 2.05) is 54.6 Å². The summed E-state index contributed by atoms with van der Waals surface area (Å²) in [5, 5.41) is 13.0. The quantitative estimate of drug-likeness (QED) is 0.601. The van der Waals surface area contributed by atoms with Crippen molar-refractivity contribution in [3.05, 3.63) is 82.1 Å². The van der Waals surface area contributed by atoms with Crippen molar-refractivity contribution in [3.63, 3.8) is 0 Å². The van der Waals surface area contributed by atoms with Crippen molar-refractivity contribution in [3.8, 4) is 0 Å². The molecule has 0 spiro atoms. The van der Waals surface area contributed by atoms with Gasteiger partial charge in [-0.05, 0) is 47.7 Å². The molecule has 1 fully saturated rings. The number of allylic oxidation sites excluding steroid dienone is 1. The third kappa shape index (κ3) is 6.12. The molecular formula is C26H30ClNO4. The van der Waals surface area contributed by atoms with Crippen molar-refractivity contribution >= 4 is 17.5 Å². The monoisotopic (exact) mass is 455 g/mol. The molecule has 170 valence electrons. The number of nitrogens with one attached hydrogen (secondary N) is 1. The molecule has 1 heterocycles. The number of amides is 1. The highest BCUT2D eigenvalue weighted by Gasteiger charge is 2.30.